The molecule has 0 unspecified atom stereocenters. The Labute approximate surface area is 206 Å². The van der Waals surface area contributed by atoms with Gasteiger partial charge >= 0.3 is 6.18 Å². The van der Waals surface area contributed by atoms with Crippen LogP contribution in [0, 0.1) is 0 Å². The predicted molar refractivity (Wildman–Crippen MR) is 136 cm³/mol. The molecule has 1 amide bonds. The normalized spacial score (nSPS) is 11.6. The lowest BCUT2D eigenvalue weighted by Gasteiger charge is -2.13. The zero-order chi connectivity index (χ0) is 25.3. The van der Waals surface area contributed by atoms with Crippen molar-refractivity contribution in [3.8, 4) is 22.5 Å². The topological polar surface area (TPSA) is 46.9 Å². The molecule has 7 heteroatoms. The number of fused-ring (bicyclic) bond motifs is 1. The Bertz CT molecular complexity index is 1530. The van der Waals surface area contributed by atoms with E-state index in [9.17, 15) is 18.0 Å². The van der Waals surface area contributed by atoms with E-state index in [-0.39, 0.29) is 22.4 Å². The number of halogens is 3. The number of hydrogen-bond acceptors (Lipinski definition) is 2. The Balaban J connectivity index is 1.86. The van der Waals surface area contributed by atoms with Crippen molar-refractivity contribution >= 4 is 22.6 Å². The third kappa shape index (κ3) is 4.24. The fourth-order valence-corrected chi connectivity index (χ4v) is 4.41. The number of hydrogen-bond donors (Lipinski definition) is 1. The van der Waals surface area contributed by atoms with Gasteiger partial charge in [-0.2, -0.15) is 13.2 Å². The molecule has 180 valence electrons. The summed E-state index contributed by atoms with van der Waals surface area (Å²) in [6.07, 6.45) is -4.68. The third-order valence-electron chi connectivity index (χ3n) is 6.03. The average molecular weight is 486 g/mol. The van der Waals surface area contributed by atoms with E-state index in [0.717, 1.165) is 6.07 Å². The number of aryl methyl sites for hydroxylation is 1. The van der Waals surface area contributed by atoms with Crippen molar-refractivity contribution in [2.45, 2.75) is 19.6 Å². The molecule has 0 radical (unpaired) electrons. The van der Waals surface area contributed by atoms with Gasteiger partial charge < -0.3 is 9.88 Å². The van der Waals surface area contributed by atoms with Gasteiger partial charge in [0.25, 0.3) is 5.91 Å². The van der Waals surface area contributed by atoms with Crippen LogP contribution in [0.2, 0.25) is 0 Å². The van der Waals surface area contributed by atoms with Crippen LogP contribution in [0.15, 0.2) is 97.1 Å². The van der Waals surface area contributed by atoms with Crippen LogP contribution in [0.5, 0.6) is 0 Å². The fourth-order valence-electron chi connectivity index (χ4n) is 4.41. The molecular weight excluding hydrogens is 463 g/mol. The SMILES string of the molecule is CCn1c(-c2ccccc2)c(NC(=O)c2ccccc2)c2c(C(F)(F)F)cc(-c3ccccc3)nc21. The smallest absolute Gasteiger partial charge is 0.324 e. The van der Waals surface area contributed by atoms with Gasteiger partial charge in [-0.1, -0.05) is 78.9 Å². The van der Waals surface area contributed by atoms with Crippen molar-refractivity contribution in [2.24, 2.45) is 0 Å². The summed E-state index contributed by atoms with van der Waals surface area (Å²) in [7, 11) is 0. The Morgan fingerprint density at radius 3 is 1.97 bits per heavy atom. The lowest BCUT2D eigenvalue weighted by molar-refractivity contribution is -0.136. The molecule has 0 spiro atoms. The maximum atomic E-state index is 14.6. The molecule has 36 heavy (non-hydrogen) atoms. The van der Waals surface area contributed by atoms with Crippen molar-refractivity contribution in [1.29, 1.82) is 0 Å². The molecule has 0 saturated carbocycles. The summed E-state index contributed by atoms with van der Waals surface area (Å²) in [6.45, 7) is 2.20. The molecular formula is C29H22F3N3O. The van der Waals surface area contributed by atoms with Crippen LogP contribution < -0.4 is 5.32 Å². The van der Waals surface area contributed by atoms with Crippen LogP contribution >= 0.6 is 0 Å². The highest BCUT2D eigenvalue weighted by atomic mass is 19.4. The van der Waals surface area contributed by atoms with E-state index in [1.54, 1.807) is 65.2 Å². The summed E-state index contributed by atoms with van der Waals surface area (Å²) in [5.74, 6) is -0.497. The molecule has 5 rings (SSSR count). The number of carbonyl (C=O) groups excluding carboxylic acids is 1. The van der Waals surface area contributed by atoms with Crippen LogP contribution in [0.25, 0.3) is 33.5 Å². The van der Waals surface area contributed by atoms with Crippen molar-refractivity contribution in [1.82, 2.24) is 9.55 Å². The number of nitrogens with zero attached hydrogens (tertiary/aromatic N) is 2. The van der Waals surface area contributed by atoms with Crippen molar-refractivity contribution < 1.29 is 18.0 Å². The summed E-state index contributed by atoms with van der Waals surface area (Å²) >= 11 is 0. The van der Waals surface area contributed by atoms with E-state index >= 15 is 0 Å². The summed E-state index contributed by atoms with van der Waals surface area (Å²) in [4.78, 5) is 17.9. The van der Waals surface area contributed by atoms with Crippen LogP contribution in [0.3, 0.4) is 0 Å². The Kier molecular flexibility index (Phi) is 6.06. The summed E-state index contributed by atoms with van der Waals surface area (Å²) in [5.41, 5.74) is 1.68. The van der Waals surface area contributed by atoms with E-state index in [1.807, 2.05) is 37.3 Å². The van der Waals surface area contributed by atoms with Gasteiger partial charge in [0.1, 0.15) is 5.65 Å². The van der Waals surface area contributed by atoms with Gasteiger partial charge in [-0.25, -0.2) is 4.98 Å². The molecule has 5 aromatic rings. The lowest BCUT2D eigenvalue weighted by Crippen LogP contribution is -2.14. The molecule has 2 aromatic heterocycles. The zero-order valence-electron chi connectivity index (χ0n) is 19.4. The predicted octanol–water partition coefficient (Wildman–Crippen LogP) is 7.66. The molecule has 0 fully saturated rings. The number of aromatic nitrogens is 2. The lowest BCUT2D eigenvalue weighted by atomic mass is 10.0. The number of benzene rings is 3. The number of amides is 1. The van der Waals surface area contributed by atoms with Crippen LogP contribution in [0.1, 0.15) is 22.8 Å². The highest BCUT2D eigenvalue weighted by molar-refractivity contribution is 6.13. The number of pyridine rings is 1. The molecule has 0 saturated heterocycles. The first-order valence-corrected chi connectivity index (χ1v) is 11.5. The van der Waals surface area contributed by atoms with Gasteiger partial charge in [-0.3, -0.25) is 4.79 Å². The second kappa shape index (κ2) is 9.34. The number of rotatable bonds is 5. The molecule has 0 aliphatic carbocycles. The van der Waals surface area contributed by atoms with Crippen molar-refractivity contribution in [3.63, 3.8) is 0 Å². The Morgan fingerprint density at radius 1 is 0.861 bits per heavy atom. The first kappa shape index (κ1) is 23.4. The standard InChI is InChI=1S/C29H22F3N3O/c1-2-35-26(20-14-8-4-9-15-20)25(34-28(36)21-16-10-5-11-17-21)24-22(29(30,31)32)18-23(33-27(24)35)19-12-6-3-7-13-19/h3-18H,2H2,1H3,(H,34,36). The number of nitrogens with one attached hydrogen (secondary N) is 1. The number of carbonyl (C=O) groups is 1. The number of anilines is 1. The number of alkyl halides is 3. The summed E-state index contributed by atoms with van der Waals surface area (Å²) in [6, 6.07) is 27.3. The van der Waals surface area contributed by atoms with Gasteiger partial charge in [0, 0.05) is 23.2 Å². The maximum Gasteiger partial charge on any atom is 0.417 e. The van der Waals surface area contributed by atoms with E-state index in [1.165, 1.54) is 0 Å². The second-order valence-electron chi connectivity index (χ2n) is 8.27. The van der Waals surface area contributed by atoms with Crippen LogP contribution in [-0.4, -0.2) is 15.5 Å². The van der Waals surface area contributed by atoms with Crippen LogP contribution in [-0.2, 0) is 12.7 Å². The molecule has 0 aliphatic heterocycles. The van der Waals surface area contributed by atoms with Gasteiger partial charge in [-0.15, -0.1) is 0 Å². The second-order valence-corrected chi connectivity index (χ2v) is 8.27. The molecule has 1 N–H and O–H groups in total. The molecule has 3 aromatic carbocycles. The third-order valence-corrected chi connectivity index (χ3v) is 6.03. The largest absolute Gasteiger partial charge is 0.417 e. The average Bonchev–Trinajstić information content (AvgIpc) is 3.22. The summed E-state index contributed by atoms with van der Waals surface area (Å²) in [5, 5.41) is 2.66. The van der Waals surface area contributed by atoms with E-state index < -0.39 is 17.6 Å². The minimum absolute atomic E-state index is 0.0892. The van der Waals surface area contributed by atoms with Gasteiger partial charge in [-0.05, 0) is 25.1 Å². The first-order valence-electron chi connectivity index (χ1n) is 11.5. The quantitative estimate of drug-likeness (QED) is 0.278. The Morgan fingerprint density at radius 2 is 1.42 bits per heavy atom. The van der Waals surface area contributed by atoms with E-state index in [0.29, 0.717) is 28.9 Å². The highest BCUT2D eigenvalue weighted by Gasteiger charge is 2.37. The summed E-state index contributed by atoms with van der Waals surface area (Å²) < 4.78 is 45.4. The molecule has 4 nitrogen and oxygen atoms in total. The molecule has 0 atom stereocenters. The van der Waals surface area contributed by atoms with Gasteiger partial charge in [0.2, 0.25) is 0 Å². The molecule has 0 aliphatic rings. The molecule has 0 bridgehead atoms. The highest BCUT2D eigenvalue weighted by Crippen LogP contribution is 2.45. The Hall–Kier alpha value is -4.39. The van der Waals surface area contributed by atoms with Gasteiger partial charge in [0.15, 0.2) is 0 Å². The zero-order valence-corrected chi connectivity index (χ0v) is 19.4. The monoisotopic (exact) mass is 485 g/mol. The first-order chi connectivity index (χ1) is 17.4. The fraction of sp³-hybridized carbons (Fsp3) is 0.103. The minimum atomic E-state index is -4.68. The van der Waals surface area contributed by atoms with Crippen LogP contribution in [0.4, 0.5) is 18.9 Å². The van der Waals surface area contributed by atoms with Crippen molar-refractivity contribution in [3.05, 3.63) is 108 Å². The van der Waals surface area contributed by atoms with E-state index in [4.69, 9.17) is 0 Å². The van der Waals surface area contributed by atoms with Gasteiger partial charge in [0.05, 0.1) is 28.0 Å². The van der Waals surface area contributed by atoms with E-state index in [2.05, 4.69) is 10.3 Å². The minimum Gasteiger partial charge on any atom is -0.324 e. The molecule has 2 heterocycles. The maximum absolute atomic E-state index is 14.6. The van der Waals surface area contributed by atoms with Crippen molar-refractivity contribution in [2.75, 3.05) is 5.32 Å².